The number of aromatic nitrogens is 1. The SMILES string of the molecule is Cn1c(=NS(=O)(=O)c2ccccc2)sc2c(Cl)ccc(Cl)c21. The number of hydrogen-bond acceptors (Lipinski definition) is 3. The Balaban J connectivity index is 2.30. The van der Waals surface area contributed by atoms with Gasteiger partial charge in [-0.2, -0.15) is 8.42 Å². The second-order valence-corrected chi connectivity index (χ2v) is 7.93. The number of nitrogens with zero attached hydrogens (tertiary/aromatic N) is 2. The van der Waals surface area contributed by atoms with Crippen molar-refractivity contribution in [2.75, 3.05) is 0 Å². The Kier molecular flexibility index (Phi) is 4.03. The van der Waals surface area contributed by atoms with Gasteiger partial charge < -0.3 is 4.57 Å². The Bertz CT molecular complexity index is 1020. The highest BCUT2D eigenvalue weighted by Gasteiger charge is 2.15. The Hall–Kier alpha value is -1.34. The summed E-state index contributed by atoms with van der Waals surface area (Å²) in [6.07, 6.45) is 0. The van der Waals surface area contributed by atoms with E-state index in [9.17, 15) is 8.42 Å². The molecule has 0 aliphatic carbocycles. The molecule has 0 saturated carbocycles. The molecule has 114 valence electrons. The van der Waals surface area contributed by atoms with Gasteiger partial charge in [-0.1, -0.05) is 52.7 Å². The van der Waals surface area contributed by atoms with Crippen LogP contribution in [0.3, 0.4) is 0 Å². The van der Waals surface area contributed by atoms with Crippen LogP contribution in [0.15, 0.2) is 51.8 Å². The summed E-state index contributed by atoms with van der Waals surface area (Å²) >= 11 is 13.5. The van der Waals surface area contributed by atoms with Gasteiger partial charge in [0.15, 0.2) is 0 Å². The first kappa shape index (κ1) is 15.6. The van der Waals surface area contributed by atoms with Crippen LogP contribution in [-0.4, -0.2) is 13.0 Å². The normalized spacial score (nSPS) is 13.0. The first-order chi connectivity index (χ1) is 10.4. The molecule has 1 aromatic heterocycles. The van der Waals surface area contributed by atoms with Crippen molar-refractivity contribution >= 4 is 54.8 Å². The van der Waals surface area contributed by atoms with Crippen molar-refractivity contribution in [3.05, 3.63) is 57.3 Å². The number of sulfonamides is 1. The topological polar surface area (TPSA) is 51.4 Å². The highest BCUT2D eigenvalue weighted by molar-refractivity contribution is 7.90. The van der Waals surface area contributed by atoms with Gasteiger partial charge in [-0.15, -0.1) is 4.40 Å². The van der Waals surface area contributed by atoms with E-state index in [1.165, 1.54) is 23.5 Å². The molecule has 0 radical (unpaired) electrons. The summed E-state index contributed by atoms with van der Waals surface area (Å²) in [4.78, 5) is 0.457. The smallest absolute Gasteiger partial charge is 0.285 e. The van der Waals surface area contributed by atoms with Gasteiger partial charge in [-0.25, -0.2) is 0 Å². The molecule has 4 nitrogen and oxygen atoms in total. The van der Waals surface area contributed by atoms with E-state index in [1.807, 2.05) is 0 Å². The van der Waals surface area contributed by atoms with Crippen LogP contribution in [0.25, 0.3) is 10.2 Å². The average Bonchev–Trinajstić information content (AvgIpc) is 2.82. The summed E-state index contributed by atoms with van der Waals surface area (Å²) in [6.45, 7) is 0. The Labute approximate surface area is 141 Å². The first-order valence-corrected chi connectivity index (χ1v) is 9.21. The monoisotopic (exact) mass is 372 g/mol. The summed E-state index contributed by atoms with van der Waals surface area (Å²) in [5.41, 5.74) is 0.668. The van der Waals surface area contributed by atoms with E-state index in [0.29, 0.717) is 25.1 Å². The van der Waals surface area contributed by atoms with Crippen molar-refractivity contribution in [3.8, 4) is 0 Å². The minimum absolute atomic E-state index is 0.143. The molecule has 2 aromatic carbocycles. The van der Waals surface area contributed by atoms with Crippen LogP contribution in [-0.2, 0) is 17.1 Å². The summed E-state index contributed by atoms with van der Waals surface area (Å²) in [5.74, 6) is 0. The average molecular weight is 373 g/mol. The lowest BCUT2D eigenvalue weighted by atomic mass is 10.3. The van der Waals surface area contributed by atoms with Gasteiger partial charge in [0.25, 0.3) is 10.0 Å². The van der Waals surface area contributed by atoms with E-state index in [2.05, 4.69) is 4.40 Å². The minimum Gasteiger partial charge on any atom is -0.318 e. The number of rotatable bonds is 2. The van der Waals surface area contributed by atoms with Crippen LogP contribution in [0.4, 0.5) is 0 Å². The van der Waals surface area contributed by atoms with Gasteiger partial charge >= 0.3 is 0 Å². The van der Waals surface area contributed by atoms with E-state index < -0.39 is 10.0 Å². The van der Waals surface area contributed by atoms with Crippen molar-refractivity contribution in [1.29, 1.82) is 0 Å². The van der Waals surface area contributed by atoms with Crippen molar-refractivity contribution < 1.29 is 8.42 Å². The van der Waals surface area contributed by atoms with Gasteiger partial charge in [-0.05, 0) is 24.3 Å². The van der Waals surface area contributed by atoms with E-state index in [0.717, 1.165) is 0 Å². The number of hydrogen-bond donors (Lipinski definition) is 0. The Morgan fingerprint density at radius 1 is 1.05 bits per heavy atom. The quantitative estimate of drug-likeness (QED) is 0.686. The number of fused-ring (bicyclic) bond motifs is 1. The third kappa shape index (κ3) is 2.67. The highest BCUT2D eigenvalue weighted by atomic mass is 35.5. The van der Waals surface area contributed by atoms with Crippen LogP contribution in [0, 0.1) is 0 Å². The van der Waals surface area contributed by atoms with Gasteiger partial charge in [0.2, 0.25) is 4.80 Å². The van der Waals surface area contributed by atoms with Crippen LogP contribution < -0.4 is 4.80 Å². The summed E-state index contributed by atoms with van der Waals surface area (Å²) in [6, 6.07) is 11.4. The summed E-state index contributed by atoms with van der Waals surface area (Å²) in [5, 5.41) is 1.01. The van der Waals surface area contributed by atoms with Crippen LogP contribution in [0.1, 0.15) is 0 Å². The fraction of sp³-hybridized carbons (Fsp3) is 0.0714. The van der Waals surface area contributed by atoms with Crippen LogP contribution in [0.2, 0.25) is 10.0 Å². The maximum Gasteiger partial charge on any atom is 0.285 e. The molecule has 3 rings (SSSR count). The third-order valence-corrected chi connectivity index (χ3v) is 6.38. The molecule has 0 aliphatic rings. The van der Waals surface area contributed by atoms with Gasteiger partial charge in [0.1, 0.15) is 0 Å². The van der Waals surface area contributed by atoms with E-state index in [4.69, 9.17) is 23.2 Å². The van der Waals surface area contributed by atoms with Gasteiger partial charge in [0.05, 0.1) is 25.2 Å². The summed E-state index contributed by atoms with van der Waals surface area (Å²) < 4.78 is 31.0. The molecule has 0 N–H and O–H groups in total. The molecule has 0 saturated heterocycles. The van der Waals surface area contributed by atoms with Gasteiger partial charge in [0, 0.05) is 7.05 Å². The van der Waals surface area contributed by atoms with Crippen molar-refractivity contribution in [1.82, 2.24) is 4.57 Å². The van der Waals surface area contributed by atoms with Crippen molar-refractivity contribution in [2.24, 2.45) is 11.4 Å². The molecular weight excluding hydrogens is 363 g/mol. The third-order valence-electron chi connectivity index (χ3n) is 3.09. The molecule has 0 aliphatic heterocycles. The predicted octanol–water partition coefficient (Wildman–Crippen LogP) is 3.84. The van der Waals surface area contributed by atoms with Gasteiger partial charge in [-0.3, -0.25) is 0 Å². The molecule has 0 fully saturated rings. The molecule has 3 aromatic rings. The summed E-state index contributed by atoms with van der Waals surface area (Å²) in [7, 11) is -2.07. The predicted molar refractivity (Wildman–Crippen MR) is 90.0 cm³/mol. The molecular formula is C14H10Cl2N2O2S2. The first-order valence-electron chi connectivity index (χ1n) is 6.20. The van der Waals surface area contributed by atoms with E-state index in [-0.39, 0.29) is 4.90 Å². The lowest BCUT2D eigenvalue weighted by Crippen LogP contribution is -2.13. The molecule has 0 atom stereocenters. The highest BCUT2D eigenvalue weighted by Crippen LogP contribution is 2.31. The zero-order valence-corrected chi connectivity index (χ0v) is 14.5. The fourth-order valence-electron chi connectivity index (χ4n) is 2.02. The molecule has 22 heavy (non-hydrogen) atoms. The van der Waals surface area contributed by atoms with Crippen molar-refractivity contribution in [2.45, 2.75) is 4.90 Å². The molecule has 1 heterocycles. The maximum atomic E-state index is 12.4. The van der Waals surface area contributed by atoms with Crippen LogP contribution in [0.5, 0.6) is 0 Å². The second-order valence-electron chi connectivity index (χ2n) is 4.53. The number of thiazole rings is 1. The van der Waals surface area contributed by atoms with Crippen molar-refractivity contribution in [3.63, 3.8) is 0 Å². The Morgan fingerprint density at radius 2 is 1.68 bits per heavy atom. The number of benzene rings is 2. The largest absolute Gasteiger partial charge is 0.318 e. The zero-order valence-electron chi connectivity index (χ0n) is 11.3. The molecule has 0 bridgehead atoms. The lowest BCUT2D eigenvalue weighted by molar-refractivity contribution is 0.596. The number of aryl methyl sites for hydroxylation is 1. The lowest BCUT2D eigenvalue weighted by Gasteiger charge is -2.00. The Morgan fingerprint density at radius 3 is 2.32 bits per heavy atom. The maximum absolute atomic E-state index is 12.4. The minimum atomic E-state index is -3.78. The standard InChI is InChI=1S/C14H10Cl2N2O2S2/c1-18-12-10(15)7-8-11(16)13(12)21-14(18)17-22(19,20)9-5-3-2-4-6-9/h2-8H,1H3. The molecule has 0 unspecified atom stereocenters. The molecule has 8 heteroatoms. The number of halogens is 2. The molecule has 0 amide bonds. The zero-order chi connectivity index (χ0) is 15.9. The van der Waals surface area contributed by atoms with E-state index >= 15 is 0 Å². The second kappa shape index (κ2) is 5.70. The molecule has 0 spiro atoms. The van der Waals surface area contributed by atoms with Crippen LogP contribution >= 0.6 is 34.5 Å². The van der Waals surface area contributed by atoms with E-state index in [1.54, 1.807) is 41.9 Å². The fourth-order valence-corrected chi connectivity index (χ4v) is 4.92.